The lowest BCUT2D eigenvalue weighted by molar-refractivity contribution is -0.153. The second-order valence-corrected chi connectivity index (χ2v) is 6.37. The second kappa shape index (κ2) is 9.34. The Hall–Kier alpha value is -2.18. The molecular formula is C19H20BrNO4. The van der Waals surface area contributed by atoms with E-state index in [4.69, 9.17) is 9.47 Å². The van der Waals surface area contributed by atoms with Crippen LogP contribution in [0.4, 0.5) is 5.69 Å². The average molecular weight is 406 g/mol. The zero-order chi connectivity index (χ0) is 18.2. The Labute approximate surface area is 155 Å². The van der Waals surface area contributed by atoms with E-state index in [0.29, 0.717) is 12.0 Å². The molecule has 2 aromatic carbocycles. The summed E-state index contributed by atoms with van der Waals surface area (Å²) in [5, 5.41) is 3.02. The van der Waals surface area contributed by atoms with Crippen molar-refractivity contribution in [3.63, 3.8) is 0 Å². The lowest BCUT2D eigenvalue weighted by Crippen LogP contribution is -2.12. The fraction of sp³-hybridized carbons (Fsp3) is 0.263. The molecule has 2 rings (SSSR count). The first-order valence-electron chi connectivity index (χ1n) is 7.76. The number of benzene rings is 2. The molecule has 6 heteroatoms. The molecule has 0 aromatic heterocycles. The predicted octanol–water partition coefficient (Wildman–Crippen LogP) is 3.61. The standard InChI is InChI=1S/C19H20BrNO4/c1-21-17-8-5-14(11-19(23)25-12-24-2)9-16(17)18(22)10-13-3-6-15(20)7-4-13/h3-9,21H,10-12H2,1-2H3. The van der Waals surface area contributed by atoms with E-state index in [1.807, 2.05) is 24.3 Å². The van der Waals surface area contributed by atoms with Gasteiger partial charge >= 0.3 is 5.97 Å². The fourth-order valence-corrected chi connectivity index (χ4v) is 2.64. The van der Waals surface area contributed by atoms with Crippen LogP contribution in [-0.4, -0.2) is 32.7 Å². The molecule has 5 nitrogen and oxygen atoms in total. The molecule has 0 atom stereocenters. The summed E-state index contributed by atoms with van der Waals surface area (Å²) in [4.78, 5) is 24.4. The molecule has 0 radical (unpaired) electrons. The van der Waals surface area contributed by atoms with E-state index in [-0.39, 0.29) is 19.0 Å². The van der Waals surface area contributed by atoms with Gasteiger partial charge in [0.25, 0.3) is 0 Å². The normalized spacial score (nSPS) is 10.4. The maximum Gasteiger partial charge on any atom is 0.312 e. The highest BCUT2D eigenvalue weighted by atomic mass is 79.9. The molecule has 0 bridgehead atoms. The molecule has 0 spiro atoms. The van der Waals surface area contributed by atoms with Gasteiger partial charge < -0.3 is 14.8 Å². The molecule has 0 aliphatic heterocycles. The number of nitrogens with one attached hydrogen (secondary N) is 1. The van der Waals surface area contributed by atoms with Crippen molar-refractivity contribution in [1.82, 2.24) is 0 Å². The van der Waals surface area contributed by atoms with Crippen molar-refractivity contribution >= 4 is 33.4 Å². The van der Waals surface area contributed by atoms with Crippen LogP contribution in [0.1, 0.15) is 21.5 Å². The second-order valence-electron chi connectivity index (χ2n) is 5.46. The summed E-state index contributed by atoms with van der Waals surface area (Å²) in [5.41, 5.74) is 2.94. The summed E-state index contributed by atoms with van der Waals surface area (Å²) in [6, 6.07) is 13.0. The first-order chi connectivity index (χ1) is 12.0. The molecule has 25 heavy (non-hydrogen) atoms. The van der Waals surface area contributed by atoms with Gasteiger partial charge in [0.1, 0.15) is 0 Å². The molecule has 2 aromatic rings. The molecule has 0 heterocycles. The number of carbonyl (C=O) groups excluding carboxylic acids is 2. The highest BCUT2D eigenvalue weighted by Crippen LogP contribution is 2.21. The van der Waals surface area contributed by atoms with Crippen LogP contribution in [0.2, 0.25) is 0 Å². The third kappa shape index (κ3) is 5.69. The number of ether oxygens (including phenoxy) is 2. The van der Waals surface area contributed by atoms with Gasteiger partial charge in [-0.2, -0.15) is 0 Å². The number of halogens is 1. The Balaban J connectivity index is 2.16. The molecule has 0 saturated heterocycles. The number of ketones is 1. The molecule has 0 saturated carbocycles. The summed E-state index contributed by atoms with van der Waals surface area (Å²) in [6.45, 7) is -0.0806. The van der Waals surface area contributed by atoms with Gasteiger partial charge in [-0.1, -0.05) is 34.1 Å². The first kappa shape index (κ1) is 19.1. The van der Waals surface area contributed by atoms with Crippen LogP contribution in [-0.2, 0) is 27.1 Å². The highest BCUT2D eigenvalue weighted by Gasteiger charge is 2.14. The quantitative estimate of drug-likeness (QED) is 0.412. The summed E-state index contributed by atoms with van der Waals surface area (Å²) < 4.78 is 10.6. The zero-order valence-corrected chi connectivity index (χ0v) is 15.8. The number of rotatable bonds is 8. The van der Waals surface area contributed by atoms with Crippen molar-refractivity contribution in [2.45, 2.75) is 12.8 Å². The number of carbonyl (C=O) groups is 2. The van der Waals surface area contributed by atoms with Gasteiger partial charge in [-0.3, -0.25) is 9.59 Å². The molecule has 132 valence electrons. The van der Waals surface area contributed by atoms with Gasteiger partial charge in [0.15, 0.2) is 12.6 Å². The number of methoxy groups -OCH3 is 1. The van der Waals surface area contributed by atoms with E-state index >= 15 is 0 Å². The SMILES string of the molecule is CNc1ccc(CC(=O)OCOC)cc1C(=O)Cc1ccc(Br)cc1. The predicted molar refractivity (Wildman–Crippen MR) is 99.8 cm³/mol. The van der Waals surface area contributed by atoms with E-state index in [0.717, 1.165) is 21.3 Å². The third-order valence-electron chi connectivity index (χ3n) is 3.62. The monoisotopic (exact) mass is 405 g/mol. The van der Waals surface area contributed by atoms with Gasteiger partial charge in [-0.15, -0.1) is 0 Å². The topological polar surface area (TPSA) is 64.6 Å². The molecule has 0 aliphatic rings. The van der Waals surface area contributed by atoms with Crippen LogP contribution in [0.5, 0.6) is 0 Å². The number of hydrogen-bond acceptors (Lipinski definition) is 5. The van der Waals surface area contributed by atoms with E-state index in [9.17, 15) is 9.59 Å². The Morgan fingerprint density at radius 1 is 1.04 bits per heavy atom. The maximum absolute atomic E-state index is 12.7. The minimum absolute atomic E-state index is 0.0150. The Kier molecular flexibility index (Phi) is 7.16. The Morgan fingerprint density at radius 2 is 1.72 bits per heavy atom. The van der Waals surface area contributed by atoms with Crippen molar-refractivity contribution in [2.24, 2.45) is 0 Å². The molecule has 0 fully saturated rings. The van der Waals surface area contributed by atoms with Crippen LogP contribution in [0, 0.1) is 0 Å². The van der Waals surface area contributed by atoms with E-state index in [1.165, 1.54) is 7.11 Å². The lowest BCUT2D eigenvalue weighted by Gasteiger charge is -2.11. The fourth-order valence-electron chi connectivity index (χ4n) is 2.38. The van der Waals surface area contributed by atoms with Gasteiger partial charge in [-0.05, 0) is 35.4 Å². The smallest absolute Gasteiger partial charge is 0.312 e. The molecule has 0 aliphatic carbocycles. The number of Topliss-reactive ketones (excluding diaryl/α,β-unsaturated/α-hetero) is 1. The molecule has 0 amide bonds. The summed E-state index contributed by atoms with van der Waals surface area (Å²) >= 11 is 3.38. The van der Waals surface area contributed by atoms with Crippen molar-refractivity contribution in [3.8, 4) is 0 Å². The number of esters is 1. The lowest BCUT2D eigenvalue weighted by atomic mass is 9.98. The van der Waals surface area contributed by atoms with Crippen LogP contribution >= 0.6 is 15.9 Å². The van der Waals surface area contributed by atoms with E-state index < -0.39 is 5.97 Å². The third-order valence-corrected chi connectivity index (χ3v) is 4.15. The van der Waals surface area contributed by atoms with Crippen LogP contribution < -0.4 is 5.32 Å². The summed E-state index contributed by atoms with van der Waals surface area (Å²) in [5.74, 6) is -0.413. The van der Waals surface area contributed by atoms with Crippen LogP contribution in [0.25, 0.3) is 0 Å². The Bertz CT molecular complexity index is 744. The van der Waals surface area contributed by atoms with Crippen molar-refractivity contribution < 1.29 is 19.1 Å². The number of hydrogen-bond donors (Lipinski definition) is 1. The molecule has 1 N–H and O–H groups in total. The highest BCUT2D eigenvalue weighted by molar-refractivity contribution is 9.10. The maximum atomic E-state index is 12.7. The van der Waals surface area contributed by atoms with Gasteiger partial charge in [-0.25, -0.2) is 0 Å². The summed E-state index contributed by atoms with van der Waals surface area (Å²) in [7, 11) is 3.21. The van der Waals surface area contributed by atoms with Crippen molar-refractivity contribution in [3.05, 3.63) is 63.6 Å². The zero-order valence-electron chi connectivity index (χ0n) is 14.2. The molecule has 0 unspecified atom stereocenters. The van der Waals surface area contributed by atoms with Gasteiger partial charge in [0.05, 0.1) is 6.42 Å². The number of anilines is 1. The van der Waals surface area contributed by atoms with Crippen molar-refractivity contribution in [2.75, 3.05) is 26.3 Å². The minimum atomic E-state index is -0.398. The largest absolute Gasteiger partial charge is 0.438 e. The Morgan fingerprint density at radius 3 is 2.36 bits per heavy atom. The van der Waals surface area contributed by atoms with Gasteiger partial charge in [0.2, 0.25) is 0 Å². The average Bonchev–Trinajstić information content (AvgIpc) is 2.61. The minimum Gasteiger partial charge on any atom is -0.438 e. The summed E-state index contributed by atoms with van der Waals surface area (Å²) in [6.07, 6.45) is 0.380. The first-order valence-corrected chi connectivity index (χ1v) is 8.55. The van der Waals surface area contributed by atoms with Gasteiger partial charge in [0, 0.05) is 36.3 Å². The van der Waals surface area contributed by atoms with E-state index in [2.05, 4.69) is 21.2 Å². The molecular weight excluding hydrogens is 386 g/mol. The van der Waals surface area contributed by atoms with E-state index in [1.54, 1.807) is 25.2 Å². The van der Waals surface area contributed by atoms with Crippen LogP contribution in [0.15, 0.2) is 46.9 Å². The van der Waals surface area contributed by atoms with Crippen molar-refractivity contribution in [1.29, 1.82) is 0 Å². The van der Waals surface area contributed by atoms with Crippen LogP contribution in [0.3, 0.4) is 0 Å².